The molecule has 0 unspecified atom stereocenters. The van der Waals surface area contributed by atoms with Gasteiger partial charge in [0.2, 0.25) is 5.78 Å². The molecule has 2 rings (SSSR count). The number of benzene rings is 1. The van der Waals surface area contributed by atoms with E-state index in [0.717, 1.165) is 5.56 Å². The van der Waals surface area contributed by atoms with Crippen LogP contribution in [0.5, 0.6) is 0 Å². The first-order valence-electron chi connectivity index (χ1n) is 5.78. The molecule has 102 valence electrons. The van der Waals surface area contributed by atoms with Crippen LogP contribution in [0, 0.1) is 0 Å². The summed E-state index contributed by atoms with van der Waals surface area (Å²) in [5.41, 5.74) is 1.08. The van der Waals surface area contributed by atoms with Gasteiger partial charge in [-0.15, -0.1) is 0 Å². The van der Waals surface area contributed by atoms with Crippen LogP contribution in [0.2, 0.25) is 0 Å². The number of hydrogen-bond donors (Lipinski definition) is 1. The maximum absolute atomic E-state index is 11.8. The lowest BCUT2D eigenvalue weighted by atomic mass is 10.0. The summed E-state index contributed by atoms with van der Waals surface area (Å²) in [5.74, 6) is -3.24. The van der Waals surface area contributed by atoms with Crippen molar-refractivity contribution in [2.75, 3.05) is 0 Å². The van der Waals surface area contributed by atoms with Crippen molar-refractivity contribution in [1.29, 1.82) is 0 Å². The molecule has 0 spiro atoms. The Kier molecular flexibility index (Phi) is 3.99. The molecule has 7 nitrogen and oxygen atoms in total. The Hall–Kier alpha value is -2.83. The van der Waals surface area contributed by atoms with Crippen LogP contribution in [0.4, 0.5) is 0 Å². The van der Waals surface area contributed by atoms with Crippen LogP contribution in [-0.4, -0.2) is 37.6 Å². The number of carboxylic acid groups (broad SMARTS) is 1. The SMILES string of the molecule is O=C(O)C(=O)CC(=O)c1cccc(Cn2nccn2)c1. The Morgan fingerprint density at radius 3 is 2.50 bits per heavy atom. The van der Waals surface area contributed by atoms with Gasteiger partial charge in [-0.25, -0.2) is 4.79 Å². The van der Waals surface area contributed by atoms with E-state index in [1.54, 1.807) is 30.6 Å². The molecule has 1 heterocycles. The molecule has 0 bridgehead atoms. The highest BCUT2D eigenvalue weighted by molar-refractivity contribution is 6.37. The van der Waals surface area contributed by atoms with Gasteiger partial charge < -0.3 is 5.11 Å². The van der Waals surface area contributed by atoms with Crippen LogP contribution >= 0.6 is 0 Å². The molecule has 0 aliphatic carbocycles. The highest BCUT2D eigenvalue weighted by Crippen LogP contribution is 2.09. The zero-order valence-corrected chi connectivity index (χ0v) is 10.4. The van der Waals surface area contributed by atoms with Gasteiger partial charge in [-0.3, -0.25) is 9.59 Å². The summed E-state index contributed by atoms with van der Waals surface area (Å²) in [7, 11) is 0. The topological polar surface area (TPSA) is 102 Å². The van der Waals surface area contributed by atoms with Crippen molar-refractivity contribution in [3.63, 3.8) is 0 Å². The van der Waals surface area contributed by atoms with Crippen LogP contribution < -0.4 is 0 Å². The number of Topliss-reactive ketones (excluding diaryl/α,β-unsaturated/α-hetero) is 2. The largest absolute Gasteiger partial charge is 0.475 e. The molecule has 0 saturated carbocycles. The molecule has 1 aromatic heterocycles. The quantitative estimate of drug-likeness (QED) is 0.468. The van der Waals surface area contributed by atoms with E-state index in [1.165, 1.54) is 10.9 Å². The predicted molar refractivity (Wildman–Crippen MR) is 67.2 cm³/mol. The summed E-state index contributed by atoms with van der Waals surface area (Å²) >= 11 is 0. The van der Waals surface area contributed by atoms with Crippen LogP contribution in [0.25, 0.3) is 0 Å². The maximum atomic E-state index is 11.8. The molecule has 2 aromatic rings. The zero-order chi connectivity index (χ0) is 14.5. The van der Waals surface area contributed by atoms with Crippen LogP contribution in [0.1, 0.15) is 22.3 Å². The van der Waals surface area contributed by atoms with E-state index in [9.17, 15) is 14.4 Å². The molecule has 0 aliphatic heterocycles. The normalized spacial score (nSPS) is 10.2. The molecule has 0 aliphatic rings. The van der Waals surface area contributed by atoms with Crippen molar-refractivity contribution in [3.8, 4) is 0 Å². The fourth-order valence-corrected chi connectivity index (χ4v) is 1.65. The Morgan fingerprint density at radius 1 is 1.15 bits per heavy atom. The maximum Gasteiger partial charge on any atom is 0.372 e. The Balaban J connectivity index is 2.11. The number of carboxylic acids is 1. The Labute approximate surface area is 113 Å². The molecule has 7 heteroatoms. The van der Waals surface area contributed by atoms with Gasteiger partial charge >= 0.3 is 5.97 Å². The molecule has 0 fully saturated rings. The van der Waals surface area contributed by atoms with Crippen molar-refractivity contribution in [1.82, 2.24) is 15.0 Å². The smallest absolute Gasteiger partial charge is 0.372 e. The average Bonchev–Trinajstić information content (AvgIpc) is 2.91. The third kappa shape index (κ3) is 3.35. The summed E-state index contributed by atoms with van der Waals surface area (Å²) in [4.78, 5) is 34.7. The first kappa shape index (κ1) is 13.6. The van der Waals surface area contributed by atoms with E-state index >= 15 is 0 Å². The average molecular weight is 273 g/mol. The van der Waals surface area contributed by atoms with Gasteiger partial charge in [0, 0.05) is 5.56 Å². The van der Waals surface area contributed by atoms with E-state index in [4.69, 9.17) is 5.11 Å². The second-order valence-corrected chi connectivity index (χ2v) is 4.09. The molecule has 1 N–H and O–H groups in total. The van der Waals surface area contributed by atoms with E-state index in [0.29, 0.717) is 12.1 Å². The highest BCUT2D eigenvalue weighted by Gasteiger charge is 2.17. The minimum atomic E-state index is -1.60. The van der Waals surface area contributed by atoms with E-state index in [-0.39, 0.29) is 0 Å². The van der Waals surface area contributed by atoms with Gasteiger partial charge in [0.25, 0.3) is 0 Å². The van der Waals surface area contributed by atoms with E-state index in [1.807, 2.05) is 0 Å². The minimum absolute atomic E-state index is 0.296. The van der Waals surface area contributed by atoms with Crippen LogP contribution in [0.3, 0.4) is 0 Å². The molecule has 0 saturated heterocycles. The fraction of sp³-hybridized carbons (Fsp3) is 0.154. The summed E-state index contributed by atoms with van der Waals surface area (Å²) < 4.78 is 0. The first-order valence-corrected chi connectivity index (χ1v) is 5.78. The fourth-order valence-electron chi connectivity index (χ4n) is 1.65. The number of carbonyl (C=O) groups is 3. The van der Waals surface area contributed by atoms with Crippen molar-refractivity contribution in [3.05, 3.63) is 47.8 Å². The monoisotopic (exact) mass is 273 g/mol. The van der Waals surface area contributed by atoms with E-state index < -0.39 is 24.0 Å². The summed E-state index contributed by atoms with van der Waals surface area (Å²) in [5, 5.41) is 16.4. The number of aromatic nitrogens is 3. The predicted octanol–water partition coefficient (Wildman–Crippen LogP) is 0.553. The third-order valence-electron chi connectivity index (χ3n) is 2.60. The molecule has 1 aromatic carbocycles. The molecule has 0 amide bonds. The van der Waals surface area contributed by atoms with Gasteiger partial charge in [-0.1, -0.05) is 18.2 Å². The Morgan fingerprint density at radius 2 is 1.85 bits per heavy atom. The van der Waals surface area contributed by atoms with Gasteiger partial charge in [-0.2, -0.15) is 15.0 Å². The number of hydrogen-bond acceptors (Lipinski definition) is 5. The second-order valence-electron chi connectivity index (χ2n) is 4.09. The second kappa shape index (κ2) is 5.87. The first-order chi connectivity index (χ1) is 9.56. The highest BCUT2D eigenvalue weighted by atomic mass is 16.4. The van der Waals surface area contributed by atoms with Crippen LogP contribution in [-0.2, 0) is 16.1 Å². The van der Waals surface area contributed by atoms with Crippen molar-refractivity contribution in [2.24, 2.45) is 0 Å². The third-order valence-corrected chi connectivity index (χ3v) is 2.60. The molecule has 20 heavy (non-hydrogen) atoms. The zero-order valence-electron chi connectivity index (χ0n) is 10.4. The summed E-state index contributed by atoms with van der Waals surface area (Å²) in [6.07, 6.45) is 2.44. The minimum Gasteiger partial charge on any atom is -0.475 e. The summed E-state index contributed by atoms with van der Waals surface area (Å²) in [6, 6.07) is 6.59. The number of ketones is 2. The van der Waals surface area contributed by atoms with Crippen molar-refractivity contribution < 1.29 is 19.5 Å². The standard InChI is InChI=1S/C13H11N3O4/c17-11(7-12(18)13(19)20)10-3-1-2-9(6-10)8-16-14-4-5-15-16/h1-6H,7-8H2,(H,19,20). The van der Waals surface area contributed by atoms with Gasteiger partial charge in [-0.05, 0) is 11.6 Å². The number of aliphatic carboxylic acids is 1. The van der Waals surface area contributed by atoms with Crippen molar-refractivity contribution in [2.45, 2.75) is 13.0 Å². The Bertz CT molecular complexity index is 649. The molecule has 0 radical (unpaired) electrons. The van der Waals surface area contributed by atoms with Crippen molar-refractivity contribution >= 4 is 17.5 Å². The van der Waals surface area contributed by atoms with Gasteiger partial charge in [0.05, 0.1) is 25.4 Å². The van der Waals surface area contributed by atoms with E-state index in [2.05, 4.69) is 10.2 Å². The molecular formula is C13H11N3O4. The number of carbonyl (C=O) groups excluding carboxylic acids is 2. The number of rotatable bonds is 6. The summed E-state index contributed by atoms with van der Waals surface area (Å²) in [6.45, 7) is 0.390. The lowest BCUT2D eigenvalue weighted by Crippen LogP contribution is -2.17. The van der Waals surface area contributed by atoms with Crippen LogP contribution in [0.15, 0.2) is 36.7 Å². The van der Waals surface area contributed by atoms with Gasteiger partial charge in [0.1, 0.15) is 0 Å². The molecule has 0 atom stereocenters. The number of nitrogens with zero attached hydrogens (tertiary/aromatic N) is 3. The lowest BCUT2D eigenvalue weighted by Gasteiger charge is -2.03. The molecular weight excluding hydrogens is 262 g/mol. The lowest BCUT2D eigenvalue weighted by molar-refractivity contribution is -0.148. The van der Waals surface area contributed by atoms with Gasteiger partial charge in [0.15, 0.2) is 5.78 Å².